The first-order chi connectivity index (χ1) is 9.74. The van der Waals surface area contributed by atoms with E-state index in [9.17, 15) is 0 Å². The fourth-order valence-corrected chi connectivity index (χ4v) is 2.52. The van der Waals surface area contributed by atoms with Crippen LogP contribution in [0.1, 0.15) is 59.3 Å². The summed E-state index contributed by atoms with van der Waals surface area (Å²) in [4.78, 5) is 0. The highest BCUT2D eigenvalue weighted by Gasteiger charge is 2.44. The van der Waals surface area contributed by atoms with Crippen molar-refractivity contribution in [3.8, 4) is 0 Å². The van der Waals surface area contributed by atoms with Gasteiger partial charge in [-0.1, -0.05) is 39.5 Å². The second kappa shape index (κ2) is 10.6. The van der Waals surface area contributed by atoms with Crippen LogP contribution in [-0.2, 0) is 18.9 Å². The van der Waals surface area contributed by atoms with Crippen molar-refractivity contribution in [2.75, 3.05) is 20.3 Å². The summed E-state index contributed by atoms with van der Waals surface area (Å²) in [5.74, 6) is 0. The lowest BCUT2D eigenvalue weighted by atomic mass is 10.1. The molecule has 0 aliphatic carbocycles. The quantitative estimate of drug-likeness (QED) is 0.545. The van der Waals surface area contributed by atoms with Crippen molar-refractivity contribution in [1.29, 1.82) is 0 Å². The van der Waals surface area contributed by atoms with E-state index in [1.807, 2.05) is 6.92 Å². The molecular formula is C16H32O4. The monoisotopic (exact) mass is 288 g/mol. The Morgan fingerprint density at radius 3 is 1.90 bits per heavy atom. The maximum atomic E-state index is 5.99. The van der Waals surface area contributed by atoms with E-state index in [0.717, 1.165) is 26.1 Å². The Morgan fingerprint density at radius 2 is 1.40 bits per heavy atom. The van der Waals surface area contributed by atoms with Crippen LogP contribution in [0.4, 0.5) is 0 Å². The first kappa shape index (κ1) is 17.9. The predicted octanol–water partition coefficient (Wildman–Crippen LogP) is 3.53. The smallest absolute Gasteiger partial charge is 0.186 e. The van der Waals surface area contributed by atoms with E-state index < -0.39 is 0 Å². The Labute approximate surface area is 124 Å². The van der Waals surface area contributed by atoms with Crippen LogP contribution in [0.2, 0.25) is 0 Å². The molecule has 0 bridgehead atoms. The molecule has 4 heteroatoms. The molecular weight excluding hydrogens is 256 g/mol. The van der Waals surface area contributed by atoms with Gasteiger partial charge in [0.05, 0.1) is 6.10 Å². The van der Waals surface area contributed by atoms with Gasteiger partial charge in [-0.3, -0.25) is 0 Å². The number of methoxy groups -OCH3 is 1. The Bertz CT molecular complexity index is 235. The largest absolute Gasteiger partial charge is 0.373 e. The molecule has 20 heavy (non-hydrogen) atoms. The third kappa shape index (κ3) is 5.68. The van der Waals surface area contributed by atoms with Crippen LogP contribution >= 0.6 is 0 Å². The molecule has 4 atom stereocenters. The molecule has 1 rings (SSSR count). The highest BCUT2D eigenvalue weighted by atomic mass is 16.7. The molecule has 1 aliphatic heterocycles. The topological polar surface area (TPSA) is 36.9 Å². The molecule has 0 spiro atoms. The number of unbranched alkanes of at least 4 members (excludes halogenated alkanes) is 4. The Hall–Kier alpha value is -0.160. The molecule has 0 saturated carbocycles. The van der Waals surface area contributed by atoms with Crippen molar-refractivity contribution < 1.29 is 18.9 Å². The van der Waals surface area contributed by atoms with E-state index in [2.05, 4.69) is 13.8 Å². The van der Waals surface area contributed by atoms with Crippen LogP contribution in [0, 0.1) is 0 Å². The molecule has 0 aromatic rings. The summed E-state index contributed by atoms with van der Waals surface area (Å²) >= 11 is 0. The summed E-state index contributed by atoms with van der Waals surface area (Å²) in [6, 6.07) is 0. The first-order valence-electron chi connectivity index (χ1n) is 8.16. The Kier molecular flexibility index (Phi) is 9.44. The van der Waals surface area contributed by atoms with Crippen LogP contribution in [0.5, 0.6) is 0 Å². The summed E-state index contributed by atoms with van der Waals surface area (Å²) in [5.41, 5.74) is 0. The molecule has 0 amide bonds. The van der Waals surface area contributed by atoms with Gasteiger partial charge in [0.15, 0.2) is 6.29 Å². The van der Waals surface area contributed by atoms with Gasteiger partial charge in [-0.2, -0.15) is 0 Å². The lowest BCUT2D eigenvalue weighted by molar-refractivity contribution is -0.162. The van der Waals surface area contributed by atoms with Gasteiger partial charge >= 0.3 is 0 Å². The summed E-state index contributed by atoms with van der Waals surface area (Å²) in [5, 5.41) is 0. The number of hydrogen-bond donors (Lipinski definition) is 0. The zero-order valence-corrected chi connectivity index (χ0v) is 13.6. The van der Waals surface area contributed by atoms with Crippen LogP contribution in [0.15, 0.2) is 0 Å². The summed E-state index contributed by atoms with van der Waals surface area (Å²) in [7, 11) is 1.67. The predicted molar refractivity (Wildman–Crippen MR) is 79.9 cm³/mol. The molecule has 1 fully saturated rings. The van der Waals surface area contributed by atoms with Crippen LogP contribution in [0.3, 0.4) is 0 Å². The van der Waals surface area contributed by atoms with E-state index in [1.165, 1.54) is 25.7 Å². The molecule has 1 heterocycles. The fraction of sp³-hybridized carbons (Fsp3) is 1.00. The second-order valence-electron chi connectivity index (χ2n) is 5.53. The third-order valence-electron chi connectivity index (χ3n) is 3.75. The number of rotatable bonds is 11. The van der Waals surface area contributed by atoms with Gasteiger partial charge in [-0.25, -0.2) is 0 Å². The van der Waals surface area contributed by atoms with E-state index in [-0.39, 0.29) is 24.6 Å². The van der Waals surface area contributed by atoms with E-state index in [4.69, 9.17) is 18.9 Å². The van der Waals surface area contributed by atoms with Crippen molar-refractivity contribution in [2.45, 2.75) is 83.9 Å². The van der Waals surface area contributed by atoms with Gasteiger partial charge in [0.2, 0.25) is 0 Å². The zero-order chi connectivity index (χ0) is 14.8. The Balaban J connectivity index is 2.40. The first-order valence-corrected chi connectivity index (χ1v) is 8.16. The van der Waals surface area contributed by atoms with Gasteiger partial charge in [-0.05, 0) is 19.8 Å². The van der Waals surface area contributed by atoms with E-state index >= 15 is 0 Å². The minimum Gasteiger partial charge on any atom is -0.373 e. The molecule has 4 nitrogen and oxygen atoms in total. The minimum atomic E-state index is -0.303. The lowest BCUT2D eigenvalue weighted by Crippen LogP contribution is -2.38. The minimum absolute atomic E-state index is 0.0153. The van der Waals surface area contributed by atoms with Crippen LogP contribution < -0.4 is 0 Å². The van der Waals surface area contributed by atoms with Crippen molar-refractivity contribution in [2.24, 2.45) is 0 Å². The summed E-state index contributed by atoms with van der Waals surface area (Å²) in [6.07, 6.45) is 6.59. The second-order valence-corrected chi connectivity index (χ2v) is 5.53. The molecule has 1 unspecified atom stereocenters. The molecule has 1 aliphatic rings. The molecule has 0 radical (unpaired) electrons. The maximum absolute atomic E-state index is 5.99. The Morgan fingerprint density at radius 1 is 0.850 bits per heavy atom. The molecule has 0 N–H and O–H groups in total. The van der Waals surface area contributed by atoms with Crippen LogP contribution in [-0.4, -0.2) is 44.9 Å². The van der Waals surface area contributed by atoms with Crippen molar-refractivity contribution in [3.63, 3.8) is 0 Å². The summed E-state index contributed by atoms with van der Waals surface area (Å²) < 4.78 is 23.1. The molecule has 0 aromatic carbocycles. The highest BCUT2D eigenvalue weighted by Crippen LogP contribution is 2.27. The number of ether oxygens (including phenoxy) is 4. The SMILES string of the molecule is CCCCCO[C@@H]1[C@@H](C)OC(OC)[C@@H]1OCCCCC. The third-order valence-corrected chi connectivity index (χ3v) is 3.75. The molecule has 1 saturated heterocycles. The van der Waals surface area contributed by atoms with Crippen molar-refractivity contribution in [3.05, 3.63) is 0 Å². The van der Waals surface area contributed by atoms with E-state index in [1.54, 1.807) is 7.11 Å². The van der Waals surface area contributed by atoms with Gasteiger partial charge in [-0.15, -0.1) is 0 Å². The highest BCUT2D eigenvalue weighted by molar-refractivity contribution is 4.87. The zero-order valence-electron chi connectivity index (χ0n) is 13.6. The average Bonchev–Trinajstić information content (AvgIpc) is 2.76. The number of hydrogen-bond acceptors (Lipinski definition) is 4. The molecule has 120 valence electrons. The van der Waals surface area contributed by atoms with Crippen molar-refractivity contribution in [1.82, 2.24) is 0 Å². The fourth-order valence-electron chi connectivity index (χ4n) is 2.52. The normalized spacial score (nSPS) is 30.0. The summed E-state index contributed by atoms with van der Waals surface area (Å²) in [6.45, 7) is 7.95. The van der Waals surface area contributed by atoms with Gasteiger partial charge in [0.1, 0.15) is 12.2 Å². The van der Waals surface area contributed by atoms with Crippen LogP contribution in [0.25, 0.3) is 0 Å². The maximum Gasteiger partial charge on any atom is 0.186 e. The molecule has 0 aromatic heterocycles. The van der Waals surface area contributed by atoms with E-state index in [0.29, 0.717) is 0 Å². The average molecular weight is 288 g/mol. The lowest BCUT2D eigenvalue weighted by Gasteiger charge is -2.23. The van der Waals surface area contributed by atoms with Gasteiger partial charge in [0.25, 0.3) is 0 Å². The van der Waals surface area contributed by atoms with Crippen molar-refractivity contribution >= 4 is 0 Å². The standard InChI is InChI=1S/C16H32O4/c1-5-7-9-11-18-14-13(3)20-16(17-4)15(14)19-12-10-8-6-2/h13-16H,5-12H2,1-4H3/t13-,14-,15-,16?/m1/s1. The van der Waals surface area contributed by atoms with Gasteiger partial charge < -0.3 is 18.9 Å². The van der Waals surface area contributed by atoms with Gasteiger partial charge in [0, 0.05) is 20.3 Å².